The fraction of sp³-hybridized carbons (Fsp3) is 0. The zero-order valence-electron chi connectivity index (χ0n) is 11.3. The molecule has 0 aliphatic heterocycles. The number of thiocarbonyl (C=S) groups is 1. The Morgan fingerprint density at radius 2 is 1.86 bits per heavy atom. The van der Waals surface area contributed by atoms with Gasteiger partial charge < -0.3 is 15.4 Å². The average Bonchev–Trinajstić information content (AvgIpc) is 2.83. The van der Waals surface area contributed by atoms with Crippen LogP contribution >= 0.6 is 24.8 Å². The highest BCUT2D eigenvalue weighted by molar-refractivity contribution is 7.80. The van der Waals surface area contributed by atoms with E-state index in [4.69, 9.17) is 12.2 Å². The van der Waals surface area contributed by atoms with Crippen LogP contribution in [-0.4, -0.2) is 15.2 Å². The zero-order valence-corrected chi connectivity index (χ0v) is 13.0. The van der Waals surface area contributed by atoms with Crippen molar-refractivity contribution < 1.29 is 5.11 Å². The summed E-state index contributed by atoms with van der Waals surface area (Å²) in [6.45, 7) is 0. The molecule has 1 heterocycles. The van der Waals surface area contributed by atoms with Crippen LogP contribution in [0.5, 0.6) is 5.88 Å². The first-order valence-electron chi connectivity index (χ1n) is 6.45. The van der Waals surface area contributed by atoms with Gasteiger partial charge in [-0.3, -0.25) is 0 Å². The summed E-state index contributed by atoms with van der Waals surface area (Å²) in [7, 11) is 0. The molecular formula is C15H12N4OS2. The molecule has 22 heavy (non-hydrogen) atoms. The van der Waals surface area contributed by atoms with E-state index in [2.05, 4.69) is 33.2 Å². The molecule has 0 saturated heterocycles. The van der Waals surface area contributed by atoms with Gasteiger partial charge in [-0.2, -0.15) is 0 Å². The van der Waals surface area contributed by atoms with Crippen molar-refractivity contribution in [2.45, 2.75) is 4.90 Å². The second-order valence-electron chi connectivity index (χ2n) is 4.54. The number of nitrogens with zero attached hydrogens (tertiary/aromatic N) is 2. The number of aromatic hydroxyl groups is 1. The number of aromatic nitrogens is 1. The van der Waals surface area contributed by atoms with Gasteiger partial charge in [0.15, 0.2) is 5.69 Å². The predicted molar refractivity (Wildman–Crippen MR) is 94.4 cm³/mol. The van der Waals surface area contributed by atoms with Crippen LogP contribution in [0.3, 0.4) is 0 Å². The molecule has 3 aromatic rings. The van der Waals surface area contributed by atoms with Crippen LogP contribution in [-0.2, 0) is 0 Å². The summed E-state index contributed by atoms with van der Waals surface area (Å²) in [5, 5.41) is 21.8. The maximum atomic E-state index is 9.89. The van der Waals surface area contributed by atoms with Gasteiger partial charge in [0, 0.05) is 16.0 Å². The first-order chi connectivity index (χ1) is 10.6. The third-order valence-corrected chi connectivity index (χ3v) is 3.50. The molecule has 0 radical (unpaired) electrons. The van der Waals surface area contributed by atoms with E-state index in [1.54, 1.807) is 0 Å². The maximum absolute atomic E-state index is 9.89. The molecule has 0 bridgehead atoms. The van der Waals surface area contributed by atoms with Crippen molar-refractivity contribution in [1.82, 2.24) is 4.98 Å². The summed E-state index contributed by atoms with van der Waals surface area (Å²) < 4.78 is 0. The highest BCUT2D eigenvalue weighted by Crippen LogP contribution is 2.35. The Hall–Kier alpha value is -2.38. The molecule has 2 aromatic carbocycles. The number of benzene rings is 2. The van der Waals surface area contributed by atoms with Crippen molar-refractivity contribution in [2.75, 3.05) is 5.32 Å². The van der Waals surface area contributed by atoms with Crippen molar-refractivity contribution in [3.63, 3.8) is 0 Å². The third-order valence-electron chi connectivity index (χ3n) is 3.02. The molecule has 0 aliphatic rings. The van der Waals surface area contributed by atoms with Crippen LogP contribution in [0.1, 0.15) is 0 Å². The second-order valence-corrected chi connectivity index (χ2v) is 5.45. The van der Waals surface area contributed by atoms with E-state index in [0.29, 0.717) is 5.69 Å². The van der Waals surface area contributed by atoms with E-state index in [-0.39, 0.29) is 11.0 Å². The van der Waals surface area contributed by atoms with Crippen molar-refractivity contribution in [3.8, 4) is 5.88 Å². The standard InChI is InChI=1S/C15H12N4OS2/c20-14-13(11-3-1-2-4-12(11)17-14)18-19-15(22)16-9-5-7-10(21)8-6-9/h1-8,17,20-21H,(H,16,22). The lowest BCUT2D eigenvalue weighted by molar-refractivity contribution is 0.459. The van der Waals surface area contributed by atoms with Crippen LogP contribution in [0.2, 0.25) is 0 Å². The highest BCUT2D eigenvalue weighted by atomic mass is 32.1. The summed E-state index contributed by atoms with van der Waals surface area (Å²) in [4.78, 5) is 3.70. The predicted octanol–water partition coefficient (Wildman–Crippen LogP) is 4.64. The summed E-state index contributed by atoms with van der Waals surface area (Å²) in [5.74, 6) is -0.0350. The van der Waals surface area contributed by atoms with Crippen LogP contribution in [0.25, 0.3) is 10.9 Å². The molecule has 0 atom stereocenters. The van der Waals surface area contributed by atoms with Gasteiger partial charge in [-0.05, 0) is 42.5 Å². The van der Waals surface area contributed by atoms with Gasteiger partial charge in [-0.15, -0.1) is 22.9 Å². The largest absolute Gasteiger partial charge is 0.493 e. The molecule has 0 aliphatic carbocycles. The molecule has 1 aromatic heterocycles. The van der Waals surface area contributed by atoms with E-state index < -0.39 is 0 Å². The van der Waals surface area contributed by atoms with Gasteiger partial charge in [-0.1, -0.05) is 18.2 Å². The van der Waals surface area contributed by atoms with Gasteiger partial charge in [0.2, 0.25) is 11.0 Å². The first-order valence-corrected chi connectivity index (χ1v) is 7.30. The van der Waals surface area contributed by atoms with Gasteiger partial charge in [0.1, 0.15) is 0 Å². The van der Waals surface area contributed by atoms with Gasteiger partial charge in [0.25, 0.3) is 0 Å². The van der Waals surface area contributed by atoms with E-state index in [0.717, 1.165) is 21.5 Å². The molecule has 0 saturated carbocycles. The number of hydrogen-bond acceptors (Lipinski definition) is 4. The van der Waals surface area contributed by atoms with E-state index >= 15 is 0 Å². The van der Waals surface area contributed by atoms with Crippen molar-refractivity contribution >= 4 is 52.2 Å². The van der Waals surface area contributed by atoms with Crippen LogP contribution in [0, 0.1) is 0 Å². The average molecular weight is 328 g/mol. The van der Waals surface area contributed by atoms with Gasteiger partial charge in [0.05, 0.1) is 5.52 Å². The number of hydrogen-bond donors (Lipinski definition) is 4. The van der Waals surface area contributed by atoms with Crippen molar-refractivity contribution in [1.29, 1.82) is 0 Å². The van der Waals surface area contributed by atoms with Crippen LogP contribution in [0.15, 0.2) is 63.7 Å². The summed E-state index contributed by atoms with van der Waals surface area (Å²) in [6, 6.07) is 14.8. The first kappa shape index (κ1) is 14.6. The van der Waals surface area contributed by atoms with Gasteiger partial charge >= 0.3 is 0 Å². The fourth-order valence-corrected chi connectivity index (χ4v) is 2.31. The number of nitrogens with one attached hydrogen (secondary N) is 2. The number of fused-ring (bicyclic) bond motifs is 1. The Labute approximate surface area is 137 Å². The Morgan fingerprint density at radius 3 is 2.64 bits per heavy atom. The zero-order chi connectivity index (χ0) is 15.5. The molecule has 3 rings (SSSR count). The van der Waals surface area contributed by atoms with Crippen molar-refractivity contribution in [3.05, 3.63) is 48.5 Å². The molecule has 3 N–H and O–H groups in total. The van der Waals surface area contributed by atoms with E-state index in [9.17, 15) is 5.11 Å². The minimum absolute atomic E-state index is 0.0350. The van der Waals surface area contributed by atoms with Gasteiger partial charge in [-0.25, -0.2) is 0 Å². The number of anilines is 1. The lowest BCUT2D eigenvalue weighted by Gasteiger charge is -2.02. The highest BCUT2D eigenvalue weighted by Gasteiger charge is 2.09. The smallest absolute Gasteiger partial charge is 0.218 e. The number of para-hydroxylation sites is 1. The molecule has 110 valence electrons. The Morgan fingerprint density at radius 1 is 1.14 bits per heavy atom. The molecule has 0 spiro atoms. The second kappa shape index (κ2) is 6.17. The Kier molecular flexibility index (Phi) is 4.08. The topological polar surface area (TPSA) is 72.8 Å². The molecule has 0 amide bonds. The van der Waals surface area contributed by atoms with Crippen LogP contribution < -0.4 is 5.32 Å². The van der Waals surface area contributed by atoms with E-state index in [1.165, 1.54) is 0 Å². The summed E-state index contributed by atoms with van der Waals surface area (Å²) in [5.41, 5.74) is 1.95. The number of azo groups is 1. The van der Waals surface area contributed by atoms with Crippen molar-refractivity contribution in [2.24, 2.45) is 10.2 Å². The molecular weight excluding hydrogens is 316 g/mol. The fourth-order valence-electron chi connectivity index (χ4n) is 2.00. The van der Waals surface area contributed by atoms with E-state index in [1.807, 2.05) is 48.5 Å². The molecule has 0 fully saturated rings. The Balaban J connectivity index is 1.79. The molecule has 7 heteroatoms. The molecule has 5 nitrogen and oxygen atoms in total. The SMILES string of the molecule is Oc1[nH]c2ccccc2c1N=NC(=S)Nc1ccc(S)cc1. The number of aromatic amines is 1. The number of rotatable bonds is 2. The third kappa shape index (κ3) is 3.10. The minimum Gasteiger partial charge on any atom is -0.493 e. The monoisotopic (exact) mass is 328 g/mol. The molecule has 0 unspecified atom stereocenters. The normalized spacial score (nSPS) is 11.1. The summed E-state index contributed by atoms with van der Waals surface area (Å²) in [6.07, 6.45) is 0. The number of thiol groups is 1. The quantitative estimate of drug-likeness (QED) is 0.314. The maximum Gasteiger partial charge on any atom is 0.218 e. The minimum atomic E-state index is -0.0350. The van der Waals surface area contributed by atoms with Crippen LogP contribution in [0.4, 0.5) is 11.4 Å². The lowest BCUT2D eigenvalue weighted by Crippen LogP contribution is -2.04. The lowest BCUT2D eigenvalue weighted by atomic mass is 10.2. The number of H-pyrrole nitrogens is 1. The Bertz CT molecular complexity index is 856. The summed E-state index contributed by atoms with van der Waals surface area (Å²) >= 11 is 9.34.